The lowest BCUT2D eigenvalue weighted by Crippen LogP contribution is -2.44. The van der Waals surface area contributed by atoms with Crippen molar-refractivity contribution in [2.75, 3.05) is 47.9 Å². The summed E-state index contributed by atoms with van der Waals surface area (Å²) in [6, 6.07) is 8.21. The molecule has 0 aromatic heterocycles. The van der Waals surface area contributed by atoms with E-state index < -0.39 is 11.7 Å². The van der Waals surface area contributed by atoms with E-state index in [4.69, 9.17) is 9.47 Å². The quantitative estimate of drug-likeness (QED) is 0.356. The first-order valence-electron chi connectivity index (χ1n) is 9.38. The first kappa shape index (κ1) is 23.6. The standard InChI is InChI=1S/C20H35N5O3/c1-20(2,3)28-19(26)23-13-12-22-18(21-4)24-14-17(25(5)6)15-8-10-16(27-7)11-9-15/h8-11,17H,12-14H2,1-7H3,(H,23,26)(H2,21,22,24). The zero-order valence-corrected chi connectivity index (χ0v) is 18.1. The van der Waals surface area contributed by atoms with Gasteiger partial charge in [-0.3, -0.25) is 4.99 Å². The monoisotopic (exact) mass is 393 g/mol. The number of carbonyl (C=O) groups excluding carboxylic acids is 1. The molecule has 0 fully saturated rings. The average Bonchev–Trinajstić information content (AvgIpc) is 2.62. The van der Waals surface area contributed by atoms with Crippen molar-refractivity contribution in [3.05, 3.63) is 29.8 Å². The number of amides is 1. The number of likely N-dealkylation sites (N-methyl/N-ethyl adjacent to an activating group) is 1. The van der Waals surface area contributed by atoms with Gasteiger partial charge >= 0.3 is 6.09 Å². The van der Waals surface area contributed by atoms with Crippen molar-refractivity contribution in [2.24, 2.45) is 4.99 Å². The molecule has 1 amide bonds. The zero-order chi connectivity index (χ0) is 21.2. The normalized spacial score (nSPS) is 13.1. The van der Waals surface area contributed by atoms with Crippen LogP contribution < -0.4 is 20.7 Å². The molecule has 0 spiro atoms. The molecule has 1 rings (SSSR count). The van der Waals surface area contributed by atoms with Crippen molar-refractivity contribution < 1.29 is 14.3 Å². The Morgan fingerprint density at radius 2 is 1.71 bits per heavy atom. The molecule has 1 aromatic carbocycles. The Morgan fingerprint density at radius 1 is 1.11 bits per heavy atom. The van der Waals surface area contributed by atoms with Crippen molar-refractivity contribution in [1.29, 1.82) is 0 Å². The van der Waals surface area contributed by atoms with Gasteiger partial charge in [0.1, 0.15) is 11.4 Å². The molecule has 0 aliphatic rings. The van der Waals surface area contributed by atoms with Crippen molar-refractivity contribution in [2.45, 2.75) is 32.4 Å². The molecule has 0 saturated heterocycles. The van der Waals surface area contributed by atoms with Crippen LogP contribution in [0.15, 0.2) is 29.3 Å². The number of rotatable bonds is 8. The Morgan fingerprint density at radius 3 is 2.21 bits per heavy atom. The van der Waals surface area contributed by atoms with Crippen LogP contribution in [0.1, 0.15) is 32.4 Å². The third-order valence-electron chi connectivity index (χ3n) is 3.90. The molecular formula is C20H35N5O3. The molecule has 0 aliphatic carbocycles. The van der Waals surface area contributed by atoms with Gasteiger partial charge in [-0.15, -0.1) is 0 Å². The Kier molecular flexibility index (Phi) is 9.58. The Bertz CT molecular complexity index is 624. The number of aliphatic imine (C=N–C) groups is 1. The molecule has 8 nitrogen and oxygen atoms in total. The summed E-state index contributed by atoms with van der Waals surface area (Å²) in [6.45, 7) is 7.15. The van der Waals surface area contributed by atoms with Gasteiger partial charge in [0.25, 0.3) is 0 Å². The molecule has 0 radical (unpaired) electrons. The van der Waals surface area contributed by atoms with Crippen LogP contribution in [-0.2, 0) is 4.74 Å². The van der Waals surface area contributed by atoms with Gasteiger partial charge in [-0.25, -0.2) is 4.79 Å². The molecule has 0 bridgehead atoms. The van der Waals surface area contributed by atoms with E-state index in [0.717, 1.165) is 5.75 Å². The molecule has 0 aliphatic heterocycles. The molecule has 158 valence electrons. The molecule has 0 heterocycles. The number of methoxy groups -OCH3 is 1. The van der Waals surface area contributed by atoms with E-state index in [1.165, 1.54) is 5.56 Å². The second kappa shape index (κ2) is 11.4. The van der Waals surface area contributed by atoms with Crippen molar-refractivity contribution in [1.82, 2.24) is 20.9 Å². The summed E-state index contributed by atoms with van der Waals surface area (Å²) in [4.78, 5) is 18.0. The van der Waals surface area contributed by atoms with Crippen LogP contribution >= 0.6 is 0 Å². The highest BCUT2D eigenvalue weighted by Crippen LogP contribution is 2.20. The van der Waals surface area contributed by atoms with Gasteiger partial charge in [-0.1, -0.05) is 12.1 Å². The van der Waals surface area contributed by atoms with E-state index in [-0.39, 0.29) is 6.04 Å². The number of alkyl carbamates (subject to hydrolysis) is 1. The summed E-state index contributed by atoms with van der Waals surface area (Å²) < 4.78 is 10.4. The fourth-order valence-electron chi connectivity index (χ4n) is 2.50. The summed E-state index contributed by atoms with van der Waals surface area (Å²) in [5, 5.41) is 9.22. The van der Waals surface area contributed by atoms with Crippen LogP contribution in [0, 0.1) is 0 Å². The van der Waals surface area contributed by atoms with Crippen molar-refractivity contribution in [3.63, 3.8) is 0 Å². The maximum atomic E-state index is 11.6. The van der Waals surface area contributed by atoms with Crippen LogP contribution in [0.25, 0.3) is 0 Å². The van der Waals surface area contributed by atoms with Crippen LogP contribution in [-0.4, -0.2) is 70.4 Å². The highest BCUT2D eigenvalue weighted by Gasteiger charge is 2.16. The Balaban J connectivity index is 2.47. The minimum Gasteiger partial charge on any atom is -0.497 e. The largest absolute Gasteiger partial charge is 0.497 e. The fourth-order valence-corrected chi connectivity index (χ4v) is 2.50. The number of benzene rings is 1. The minimum atomic E-state index is -0.502. The number of hydrogen-bond donors (Lipinski definition) is 3. The van der Waals surface area contributed by atoms with Gasteiger partial charge in [-0.2, -0.15) is 0 Å². The summed E-state index contributed by atoms with van der Waals surface area (Å²) in [6.07, 6.45) is -0.426. The van der Waals surface area contributed by atoms with E-state index in [2.05, 4.69) is 38.0 Å². The van der Waals surface area contributed by atoms with E-state index in [9.17, 15) is 4.79 Å². The first-order chi connectivity index (χ1) is 13.2. The molecule has 1 unspecified atom stereocenters. The van der Waals surface area contributed by atoms with Crippen LogP contribution in [0.5, 0.6) is 5.75 Å². The molecule has 8 heteroatoms. The number of nitrogens with one attached hydrogen (secondary N) is 3. The van der Waals surface area contributed by atoms with E-state index in [0.29, 0.717) is 25.6 Å². The molecule has 0 saturated carbocycles. The van der Waals surface area contributed by atoms with Crippen molar-refractivity contribution in [3.8, 4) is 5.75 Å². The summed E-state index contributed by atoms with van der Waals surface area (Å²) >= 11 is 0. The first-order valence-corrected chi connectivity index (χ1v) is 9.38. The number of hydrogen-bond acceptors (Lipinski definition) is 5. The predicted octanol–water partition coefficient (Wildman–Crippen LogP) is 1.99. The van der Waals surface area contributed by atoms with Crippen LogP contribution in [0.4, 0.5) is 4.79 Å². The van der Waals surface area contributed by atoms with Gasteiger partial charge in [0.05, 0.1) is 13.2 Å². The maximum Gasteiger partial charge on any atom is 0.407 e. The number of ether oxygens (including phenoxy) is 2. The lowest BCUT2D eigenvalue weighted by atomic mass is 10.1. The van der Waals surface area contributed by atoms with Crippen LogP contribution in [0.3, 0.4) is 0 Å². The summed E-state index contributed by atoms with van der Waals surface area (Å²) in [5.41, 5.74) is 0.679. The molecule has 1 aromatic rings. The van der Waals surface area contributed by atoms with Crippen molar-refractivity contribution >= 4 is 12.1 Å². The van der Waals surface area contributed by atoms with Gasteiger partial charge < -0.3 is 30.3 Å². The van der Waals surface area contributed by atoms with Gasteiger partial charge in [0, 0.05) is 26.7 Å². The lowest BCUT2D eigenvalue weighted by molar-refractivity contribution is 0.0529. The smallest absolute Gasteiger partial charge is 0.407 e. The predicted molar refractivity (Wildman–Crippen MR) is 113 cm³/mol. The van der Waals surface area contributed by atoms with Crippen LogP contribution in [0.2, 0.25) is 0 Å². The molecule has 3 N–H and O–H groups in total. The lowest BCUT2D eigenvalue weighted by Gasteiger charge is -2.26. The minimum absolute atomic E-state index is 0.171. The third kappa shape index (κ3) is 8.94. The van der Waals surface area contributed by atoms with E-state index in [1.807, 2.05) is 47.0 Å². The number of carbonyl (C=O) groups is 1. The SMILES string of the molecule is CN=C(NCCNC(=O)OC(C)(C)C)NCC(c1ccc(OC)cc1)N(C)C. The maximum absolute atomic E-state index is 11.6. The van der Waals surface area contributed by atoms with Gasteiger partial charge in [-0.05, 0) is 52.6 Å². The summed E-state index contributed by atoms with van der Waals surface area (Å²) in [5.74, 6) is 1.51. The molecule has 28 heavy (non-hydrogen) atoms. The highest BCUT2D eigenvalue weighted by molar-refractivity contribution is 5.79. The molecule has 1 atom stereocenters. The average molecular weight is 394 g/mol. The number of guanidine groups is 1. The van der Waals surface area contributed by atoms with Gasteiger partial charge in [0.15, 0.2) is 5.96 Å². The highest BCUT2D eigenvalue weighted by atomic mass is 16.6. The van der Waals surface area contributed by atoms with E-state index >= 15 is 0 Å². The fraction of sp³-hybridized carbons (Fsp3) is 0.600. The third-order valence-corrected chi connectivity index (χ3v) is 3.90. The number of nitrogens with zero attached hydrogens (tertiary/aromatic N) is 2. The van der Waals surface area contributed by atoms with Gasteiger partial charge in [0.2, 0.25) is 0 Å². The molecular weight excluding hydrogens is 358 g/mol. The second-order valence-electron chi connectivity index (χ2n) is 7.56. The van der Waals surface area contributed by atoms with E-state index in [1.54, 1.807) is 14.2 Å². The zero-order valence-electron chi connectivity index (χ0n) is 18.1. The topological polar surface area (TPSA) is 87.2 Å². The second-order valence-corrected chi connectivity index (χ2v) is 7.56. The summed E-state index contributed by atoms with van der Waals surface area (Å²) in [7, 11) is 7.46. The Labute approximate surface area is 168 Å². The Hall–Kier alpha value is -2.48.